The van der Waals surface area contributed by atoms with Crippen LogP contribution in [-0.2, 0) is 0 Å². The molecule has 0 saturated carbocycles. The Morgan fingerprint density at radius 1 is 1.38 bits per heavy atom. The summed E-state index contributed by atoms with van der Waals surface area (Å²) in [7, 11) is 2.18. The first-order chi connectivity index (χ1) is 10.3. The summed E-state index contributed by atoms with van der Waals surface area (Å²) in [5.41, 5.74) is 0.955. The van der Waals surface area contributed by atoms with Crippen LogP contribution < -0.4 is 4.74 Å². The maximum atomic E-state index is 8.68. The Morgan fingerprint density at radius 2 is 2.19 bits per heavy atom. The molecule has 1 aromatic carbocycles. The van der Waals surface area contributed by atoms with Gasteiger partial charge in [0.15, 0.2) is 0 Å². The highest BCUT2D eigenvalue weighted by atomic mass is 32.2. The second kappa shape index (κ2) is 8.99. The van der Waals surface area contributed by atoms with Crippen molar-refractivity contribution in [2.75, 3.05) is 38.3 Å². The molecule has 1 aromatic rings. The van der Waals surface area contributed by atoms with Gasteiger partial charge in [-0.25, -0.2) is 0 Å². The molecule has 0 spiro atoms. The molecule has 2 rings (SSSR count). The van der Waals surface area contributed by atoms with Crippen molar-refractivity contribution in [1.29, 1.82) is 0 Å². The van der Waals surface area contributed by atoms with Crippen LogP contribution in [0.3, 0.4) is 0 Å². The molecule has 0 aromatic heterocycles. The van der Waals surface area contributed by atoms with E-state index in [1.54, 1.807) is 0 Å². The van der Waals surface area contributed by atoms with Crippen LogP contribution >= 0.6 is 11.8 Å². The summed E-state index contributed by atoms with van der Waals surface area (Å²) in [6, 6.07) is 8.53. The Morgan fingerprint density at radius 3 is 2.86 bits per heavy atom. The zero-order valence-electron chi connectivity index (χ0n) is 12.5. The number of aliphatic hydroxyl groups excluding tert-OH is 1. The lowest BCUT2D eigenvalue weighted by atomic mass is 10.2. The van der Waals surface area contributed by atoms with Crippen LogP contribution in [0.5, 0.6) is 5.75 Å². The maximum Gasteiger partial charge on any atom is 0.119 e. The van der Waals surface area contributed by atoms with Crippen LogP contribution in [-0.4, -0.2) is 54.4 Å². The van der Waals surface area contributed by atoms with E-state index in [-0.39, 0.29) is 6.61 Å². The van der Waals surface area contributed by atoms with Crippen LogP contribution in [0.4, 0.5) is 0 Å². The van der Waals surface area contributed by atoms with Crippen LogP contribution in [0.25, 0.3) is 0 Å². The van der Waals surface area contributed by atoms with Crippen LogP contribution in [0, 0.1) is 11.8 Å². The average molecular weight is 305 g/mol. The normalized spacial score (nSPS) is 17.6. The average Bonchev–Trinajstić information content (AvgIpc) is 3.03. The number of aliphatic hydroxyl groups is 1. The number of benzene rings is 1. The minimum Gasteiger partial charge on any atom is -0.492 e. The van der Waals surface area contributed by atoms with Crippen LogP contribution in [0.2, 0.25) is 0 Å². The van der Waals surface area contributed by atoms with E-state index in [0.717, 1.165) is 17.9 Å². The predicted molar refractivity (Wildman–Crippen MR) is 88.9 cm³/mol. The number of thioether (sulfide) groups is 1. The third kappa shape index (κ3) is 5.62. The summed E-state index contributed by atoms with van der Waals surface area (Å²) in [6.45, 7) is 1.79. The van der Waals surface area contributed by atoms with Crippen molar-refractivity contribution >= 4 is 11.8 Å². The van der Waals surface area contributed by atoms with Crippen LogP contribution in [0.1, 0.15) is 18.4 Å². The molecule has 0 radical (unpaired) electrons. The van der Waals surface area contributed by atoms with Crippen LogP contribution in [0.15, 0.2) is 24.3 Å². The van der Waals surface area contributed by atoms with E-state index >= 15 is 0 Å². The Hall–Kier alpha value is -1.15. The Labute approximate surface area is 131 Å². The zero-order valence-corrected chi connectivity index (χ0v) is 13.4. The SMILES string of the molecule is CN(CCOc1ccc(C#CCCO)cc1)C1CCSC1. The topological polar surface area (TPSA) is 32.7 Å². The summed E-state index contributed by atoms with van der Waals surface area (Å²) < 4.78 is 5.78. The standard InChI is InChI=1S/C17H23NO2S/c1-18(16-9-13-21-14-16)10-12-20-17-7-5-15(6-8-17)4-2-3-11-19/h5-8,16,19H,3,9-14H2,1H3. The molecule has 1 fully saturated rings. The predicted octanol–water partition coefficient (Wildman–Crippen LogP) is 2.24. The highest BCUT2D eigenvalue weighted by Gasteiger charge is 2.19. The smallest absolute Gasteiger partial charge is 0.119 e. The molecular formula is C17H23NO2S. The molecular weight excluding hydrogens is 282 g/mol. The number of ether oxygens (including phenoxy) is 1. The first-order valence-corrected chi connectivity index (χ1v) is 8.55. The summed E-state index contributed by atoms with van der Waals surface area (Å²) in [4.78, 5) is 2.40. The van der Waals surface area contributed by atoms with Crippen molar-refractivity contribution in [2.24, 2.45) is 0 Å². The fourth-order valence-electron chi connectivity index (χ4n) is 2.21. The summed E-state index contributed by atoms with van der Waals surface area (Å²) in [5, 5.41) is 8.68. The summed E-state index contributed by atoms with van der Waals surface area (Å²) in [6.07, 6.45) is 1.81. The van der Waals surface area contributed by atoms with Gasteiger partial charge in [-0.05, 0) is 43.5 Å². The van der Waals surface area contributed by atoms with E-state index in [2.05, 4.69) is 23.8 Å². The molecule has 1 heterocycles. The third-order valence-corrected chi connectivity index (χ3v) is 4.71. The van der Waals surface area contributed by atoms with Crippen molar-refractivity contribution in [3.05, 3.63) is 29.8 Å². The quantitative estimate of drug-likeness (QED) is 0.817. The lowest BCUT2D eigenvalue weighted by molar-refractivity contribution is 0.202. The van der Waals surface area contributed by atoms with Gasteiger partial charge in [0.1, 0.15) is 12.4 Å². The minimum atomic E-state index is 0.112. The van der Waals surface area contributed by atoms with Crippen molar-refractivity contribution in [2.45, 2.75) is 18.9 Å². The number of hydrogen-bond donors (Lipinski definition) is 1. The first kappa shape index (κ1) is 16.2. The van der Waals surface area contributed by atoms with E-state index in [0.29, 0.717) is 19.1 Å². The van der Waals surface area contributed by atoms with Gasteiger partial charge in [-0.1, -0.05) is 11.8 Å². The molecule has 0 bridgehead atoms. The number of likely N-dealkylation sites (N-methyl/N-ethyl adjacent to an activating group) is 1. The molecule has 1 saturated heterocycles. The number of rotatable bonds is 6. The highest BCUT2D eigenvalue weighted by Crippen LogP contribution is 2.21. The van der Waals surface area contributed by atoms with Gasteiger partial charge in [0.25, 0.3) is 0 Å². The number of hydrogen-bond acceptors (Lipinski definition) is 4. The lowest BCUT2D eigenvalue weighted by Gasteiger charge is -2.23. The van der Waals surface area contributed by atoms with Gasteiger partial charge in [0, 0.05) is 30.3 Å². The molecule has 1 N–H and O–H groups in total. The van der Waals surface area contributed by atoms with Crippen molar-refractivity contribution in [3.63, 3.8) is 0 Å². The molecule has 0 aliphatic carbocycles. The maximum absolute atomic E-state index is 8.68. The van der Waals surface area contributed by atoms with Crippen molar-refractivity contribution in [1.82, 2.24) is 4.90 Å². The van der Waals surface area contributed by atoms with Gasteiger partial charge >= 0.3 is 0 Å². The largest absolute Gasteiger partial charge is 0.492 e. The van der Waals surface area contributed by atoms with Gasteiger partial charge in [-0.2, -0.15) is 11.8 Å². The molecule has 3 nitrogen and oxygen atoms in total. The summed E-state index contributed by atoms with van der Waals surface area (Å²) >= 11 is 2.04. The molecule has 1 unspecified atom stereocenters. The zero-order chi connectivity index (χ0) is 14.9. The Kier molecular flexibility index (Phi) is 6.94. The van der Waals surface area contributed by atoms with E-state index in [1.807, 2.05) is 36.0 Å². The fraction of sp³-hybridized carbons (Fsp3) is 0.529. The number of nitrogens with zero attached hydrogens (tertiary/aromatic N) is 1. The fourth-order valence-corrected chi connectivity index (χ4v) is 3.51. The Balaban J connectivity index is 1.72. The van der Waals surface area contributed by atoms with Crippen molar-refractivity contribution in [3.8, 4) is 17.6 Å². The minimum absolute atomic E-state index is 0.112. The lowest BCUT2D eigenvalue weighted by Crippen LogP contribution is -2.34. The molecule has 0 amide bonds. The molecule has 4 heteroatoms. The van der Waals surface area contributed by atoms with Gasteiger partial charge in [0.2, 0.25) is 0 Å². The van der Waals surface area contributed by atoms with Crippen molar-refractivity contribution < 1.29 is 9.84 Å². The van der Waals surface area contributed by atoms with E-state index in [1.165, 1.54) is 17.9 Å². The Bertz CT molecular complexity index is 472. The highest BCUT2D eigenvalue weighted by molar-refractivity contribution is 7.99. The summed E-state index contributed by atoms with van der Waals surface area (Å²) in [5.74, 6) is 9.34. The second-order valence-corrected chi connectivity index (χ2v) is 6.30. The first-order valence-electron chi connectivity index (χ1n) is 7.40. The van der Waals surface area contributed by atoms with E-state index in [4.69, 9.17) is 9.84 Å². The molecule has 1 aliphatic rings. The molecule has 114 valence electrons. The van der Waals surface area contributed by atoms with Gasteiger partial charge in [-0.15, -0.1) is 0 Å². The monoisotopic (exact) mass is 305 g/mol. The second-order valence-electron chi connectivity index (χ2n) is 5.15. The molecule has 1 atom stereocenters. The van der Waals surface area contributed by atoms with Gasteiger partial charge < -0.3 is 9.84 Å². The van der Waals surface area contributed by atoms with Gasteiger partial charge in [0.05, 0.1) is 6.61 Å². The molecule has 21 heavy (non-hydrogen) atoms. The van der Waals surface area contributed by atoms with E-state index in [9.17, 15) is 0 Å². The van der Waals surface area contributed by atoms with E-state index < -0.39 is 0 Å². The van der Waals surface area contributed by atoms with Gasteiger partial charge in [-0.3, -0.25) is 4.90 Å². The molecule has 1 aliphatic heterocycles. The third-order valence-electron chi connectivity index (χ3n) is 3.57.